The lowest BCUT2D eigenvalue weighted by Gasteiger charge is -2.21. The molecule has 1 aliphatic rings. The molecule has 0 spiro atoms. The van der Waals surface area contributed by atoms with Gasteiger partial charge in [0.25, 0.3) is 0 Å². The standard InChI is InChI=1S/C13H18N4S/c1-9-5-4-8-17(9)13-15-14-12(16(13)3)11-7-6-10(2)18-11/h6-7,9H,4-5,8H2,1-3H3/t9-/m1/s1. The highest BCUT2D eigenvalue weighted by molar-refractivity contribution is 7.15. The van der Waals surface area contributed by atoms with E-state index in [2.05, 4.69) is 52.7 Å². The van der Waals surface area contributed by atoms with E-state index in [1.165, 1.54) is 22.6 Å². The summed E-state index contributed by atoms with van der Waals surface area (Å²) >= 11 is 1.77. The molecular formula is C13H18N4S. The zero-order valence-electron chi connectivity index (χ0n) is 11.1. The molecule has 0 saturated carbocycles. The van der Waals surface area contributed by atoms with Gasteiger partial charge in [0.15, 0.2) is 5.82 Å². The van der Waals surface area contributed by atoms with E-state index in [1.807, 2.05) is 0 Å². The normalized spacial score (nSPS) is 19.7. The van der Waals surface area contributed by atoms with Crippen molar-refractivity contribution in [2.75, 3.05) is 11.4 Å². The number of hydrogen-bond donors (Lipinski definition) is 0. The van der Waals surface area contributed by atoms with Gasteiger partial charge in [0.1, 0.15) is 0 Å². The van der Waals surface area contributed by atoms with E-state index in [1.54, 1.807) is 11.3 Å². The maximum absolute atomic E-state index is 4.38. The third-order valence-corrected chi connectivity index (χ3v) is 4.62. The summed E-state index contributed by atoms with van der Waals surface area (Å²) in [6.07, 6.45) is 2.50. The van der Waals surface area contributed by atoms with Crippen LogP contribution in [0.3, 0.4) is 0 Å². The summed E-state index contributed by atoms with van der Waals surface area (Å²) in [6, 6.07) is 4.83. The van der Waals surface area contributed by atoms with Crippen LogP contribution in [0, 0.1) is 6.92 Å². The average molecular weight is 262 g/mol. The fourth-order valence-corrected chi connectivity index (χ4v) is 3.46. The minimum absolute atomic E-state index is 0.575. The van der Waals surface area contributed by atoms with Crippen molar-refractivity contribution in [2.45, 2.75) is 32.7 Å². The molecule has 0 radical (unpaired) electrons. The molecule has 4 nitrogen and oxygen atoms in total. The van der Waals surface area contributed by atoms with E-state index in [9.17, 15) is 0 Å². The highest BCUT2D eigenvalue weighted by Gasteiger charge is 2.25. The molecule has 0 aliphatic carbocycles. The number of aromatic nitrogens is 3. The zero-order valence-corrected chi connectivity index (χ0v) is 11.9. The van der Waals surface area contributed by atoms with Gasteiger partial charge in [-0.25, -0.2) is 0 Å². The summed E-state index contributed by atoms with van der Waals surface area (Å²) in [7, 11) is 2.06. The summed E-state index contributed by atoms with van der Waals surface area (Å²) in [5.74, 6) is 1.98. The molecule has 96 valence electrons. The molecule has 3 heterocycles. The lowest BCUT2D eigenvalue weighted by molar-refractivity contribution is 0.700. The Labute approximate surface area is 111 Å². The van der Waals surface area contributed by atoms with Gasteiger partial charge >= 0.3 is 0 Å². The molecule has 18 heavy (non-hydrogen) atoms. The number of aryl methyl sites for hydroxylation is 1. The van der Waals surface area contributed by atoms with Crippen LogP contribution in [0.4, 0.5) is 5.95 Å². The molecule has 0 bridgehead atoms. The predicted molar refractivity (Wildman–Crippen MR) is 75.1 cm³/mol. The van der Waals surface area contributed by atoms with E-state index >= 15 is 0 Å². The molecule has 2 aromatic rings. The first-order chi connectivity index (χ1) is 8.66. The van der Waals surface area contributed by atoms with Crippen molar-refractivity contribution < 1.29 is 0 Å². The van der Waals surface area contributed by atoms with E-state index < -0.39 is 0 Å². The number of nitrogens with zero attached hydrogens (tertiary/aromatic N) is 4. The smallest absolute Gasteiger partial charge is 0.227 e. The van der Waals surface area contributed by atoms with Crippen LogP contribution in [0.5, 0.6) is 0 Å². The molecular weight excluding hydrogens is 244 g/mol. The van der Waals surface area contributed by atoms with E-state index in [0.29, 0.717) is 6.04 Å². The Morgan fingerprint density at radius 2 is 2.17 bits per heavy atom. The Morgan fingerprint density at radius 1 is 1.33 bits per heavy atom. The molecule has 0 unspecified atom stereocenters. The van der Waals surface area contributed by atoms with E-state index in [4.69, 9.17) is 0 Å². The van der Waals surface area contributed by atoms with Gasteiger partial charge in [0.2, 0.25) is 5.95 Å². The van der Waals surface area contributed by atoms with Crippen LogP contribution in [-0.4, -0.2) is 27.4 Å². The first-order valence-electron chi connectivity index (χ1n) is 6.39. The SMILES string of the molecule is Cc1ccc(-c2nnc(N3CCC[C@H]3C)n2C)s1. The minimum Gasteiger partial charge on any atom is -0.338 e. The minimum atomic E-state index is 0.575. The van der Waals surface area contributed by atoms with Crippen LogP contribution in [0.2, 0.25) is 0 Å². The van der Waals surface area contributed by atoms with Gasteiger partial charge in [0.05, 0.1) is 4.88 Å². The van der Waals surface area contributed by atoms with Crippen LogP contribution in [-0.2, 0) is 7.05 Å². The second-order valence-electron chi connectivity index (χ2n) is 4.98. The summed E-state index contributed by atoms with van der Waals surface area (Å²) in [6.45, 7) is 5.47. The Morgan fingerprint density at radius 3 is 2.78 bits per heavy atom. The molecule has 0 aromatic carbocycles. The quantitative estimate of drug-likeness (QED) is 0.834. The topological polar surface area (TPSA) is 34.0 Å². The van der Waals surface area contributed by atoms with Crippen molar-refractivity contribution in [3.8, 4) is 10.7 Å². The first-order valence-corrected chi connectivity index (χ1v) is 7.21. The van der Waals surface area contributed by atoms with E-state index in [0.717, 1.165) is 18.3 Å². The molecule has 2 aromatic heterocycles. The van der Waals surface area contributed by atoms with Crippen molar-refractivity contribution >= 4 is 17.3 Å². The Bertz CT molecular complexity index is 557. The van der Waals surface area contributed by atoms with Gasteiger partial charge in [0, 0.05) is 24.5 Å². The monoisotopic (exact) mass is 262 g/mol. The predicted octanol–water partition coefficient (Wildman–Crippen LogP) is 2.84. The van der Waals surface area contributed by atoms with Crippen LogP contribution < -0.4 is 4.90 Å². The first kappa shape index (κ1) is 11.7. The van der Waals surface area contributed by atoms with Gasteiger partial charge in [-0.15, -0.1) is 21.5 Å². The van der Waals surface area contributed by atoms with Gasteiger partial charge in [-0.2, -0.15) is 0 Å². The molecule has 0 amide bonds. The van der Waals surface area contributed by atoms with E-state index in [-0.39, 0.29) is 0 Å². The number of hydrogen-bond acceptors (Lipinski definition) is 4. The Kier molecular flexibility index (Phi) is 2.86. The lowest BCUT2D eigenvalue weighted by Crippen LogP contribution is -2.28. The Hall–Kier alpha value is -1.36. The summed E-state index contributed by atoms with van der Waals surface area (Å²) in [5, 5.41) is 8.74. The third kappa shape index (κ3) is 1.82. The molecule has 1 saturated heterocycles. The molecule has 3 rings (SSSR count). The average Bonchev–Trinajstić information content (AvgIpc) is 3.00. The van der Waals surface area contributed by atoms with Gasteiger partial charge in [-0.3, -0.25) is 4.57 Å². The second kappa shape index (κ2) is 4.39. The second-order valence-corrected chi connectivity index (χ2v) is 6.27. The maximum atomic E-state index is 4.38. The number of rotatable bonds is 2. The van der Waals surface area contributed by atoms with Crippen LogP contribution >= 0.6 is 11.3 Å². The zero-order chi connectivity index (χ0) is 12.7. The van der Waals surface area contributed by atoms with Gasteiger partial charge < -0.3 is 4.90 Å². The molecule has 1 atom stereocenters. The van der Waals surface area contributed by atoms with Gasteiger partial charge in [-0.05, 0) is 38.8 Å². The summed E-state index contributed by atoms with van der Waals surface area (Å²) in [5.41, 5.74) is 0. The fourth-order valence-electron chi connectivity index (χ4n) is 2.57. The summed E-state index contributed by atoms with van der Waals surface area (Å²) in [4.78, 5) is 4.86. The molecule has 1 aliphatic heterocycles. The van der Waals surface area contributed by atoms with Crippen molar-refractivity contribution in [1.82, 2.24) is 14.8 Å². The largest absolute Gasteiger partial charge is 0.338 e. The molecule has 5 heteroatoms. The van der Waals surface area contributed by atoms with Crippen molar-refractivity contribution in [1.29, 1.82) is 0 Å². The van der Waals surface area contributed by atoms with Crippen LogP contribution in [0.1, 0.15) is 24.6 Å². The number of thiophene rings is 1. The fraction of sp³-hybridized carbons (Fsp3) is 0.538. The highest BCUT2D eigenvalue weighted by atomic mass is 32.1. The van der Waals surface area contributed by atoms with Crippen molar-refractivity contribution in [2.24, 2.45) is 7.05 Å². The van der Waals surface area contributed by atoms with Gasteiger partial charge in [-0.1, -0.05) is 0 Å². The van der Waals surface area contributed by atoms with Crippen LogP contribution in [0.15, 0.2) is 12.1 Å². The highest BCUT2D eigenvalue weighted by Crippen LogP contribution is 2.30. The summed E-state index contributed by atoms with van der Waals surface area (Å²) < 4.78 is 2.12. The van der Waals surface area contributed by atoms with Crippen LogP contribution in [0.25, 0.3) is 10.7 Å². The molecule has 1 fully saturated rings. The third-order valence-electron chi connectivity index (χ3n) is 3.62. The number of anilines is 1. The maximum Gasteiger partial charge on any atom is 0.227 e. The molecule has 0 N–H and O–H groups in total. The van der Waals surface area contributed by atoms with Crippen molar-refractivity contribution in [3.63, 3.8) is 0 Å². The Balaban J connectivity index is 1.97. The van der Waals surface area contributed by atoms with Crippen molar-refractivity contribution in [3.05, 3.63) is 17.0 Å². The lowest BCUT2D eigenvalue weighted by atomic mass is 10.2.